The number of pyridine rings is 1. The normalized spacial score (nSPS) is 17.9. The summed E-state index contributed by atoms with van der Waals surface area (Å²) >= 11 is 6.85. The second-order valence-corrected chi connectivity index (χ2v) is 17.8. The van der Waals surface area contributed by atoms with Gasteiger partial charge in [0.25, 0.3) is 0 Å². The number of carbonyl (C=O) groups excluding carboxylic acids is 1. The maximum atomic E-state index is 17.6. The quantitative estimate of drug-likeness (QED) is 0.0833. The van der Waals surface area contributed by atoms with E-state index in [-0.39, 0.29) is 81.7 Å². The van der Waals surface area contributed by atoms with Crippen molar-refractivity contribution in [3.8, 4) is 41.1 Å². The number of amides is 1. The molecule has 356 valence electrons. The Labute approximate surface area is 389 Å². The standard InChI is InChI=1S/C48H50ClF6N7O5/c1-8-9-31-26-60(18-19-62(31)46(63)67-47(2,3)4)44-35-21-36(49)39(41(52)42(35)57-45(58-44)66-27-32-20-30(50)25-59(32)5)43-40(48(53,54)55)37(51)22-38(56-43)61(23-28-10-14-33(64-6)15-11-28)24-29-12-16-34(65-7)17-13-29/h1,10-17,21-22,30-32H,9,18-20,23-27H2,2-7H3/t30-,31?,32+/m1/s1. The molecule has 2 aromatic heterocycles. The Morgan fingerprint density at radius 2 is 1.54 bits per heavy atom. The van der Waals surface area contributed by atoms with Crippen LogP contribution < -0.4 is 24.0 Å². The highest BCUT2D eigenvalue weighted by Crippen LogP contribution is 2.45. The van der Waals surface area contributed by atoms with Crippen LogP contribution in [-0.2, 0) is 24.0 Å². The molecule has 1 unspecified atom stereocenters. The lowest BCUT2D eigenvalue weighted by Gasteiger charge is -2.41. The van der Waals surface area contributed by atoms with Gasteiger partial charge in [0.1, 0.15) is 58.4 Å². The molecule has 3 atom stereocenters. The number of alkyl halides is 4. The highest BCUT2D eigenvalue weighted by molar-refractivity contribution is 6.34. The summed E-state index contributed by atoms with van der Waals surface area (Å²) in [5.74, 6) is 0.421. The Balaban J connectivity index is 1.37. The second kappa shape index (κ2) is 20.0. The van der Waals surface area contributed by atoms with Crippen LogP contribution in [0.15, 0.2) is 60.7 Å². The van der Waals surface area contributed by atoms with Gasteiger partial charge in [-0.1, -0.05) is 35.9 Å². The van der Waals surface area contributed by atoms with Crippen molar-refractivity contribution in [1.29, 1.82) is 0 Å². The van der Waals surface area contributed by atoms with Gasteiger partial charge >= 0.3 is 18.3 Å². The molecule has 1 amide bonds. The van der Waals surface area contributed by atoms with Crippen LogP contribution in [0.3, 0.4) is 0 Å². The van der Waals surface area contributed by atoms with E-state index in [0.29, 0.717) is 28.7 Å². The topological polar surface area (TPSA) is 106 Å². The number of methoxy groups -OCH3 is 2. The number of halogens is 7. The van der Waals surface area contributed by atoms with Crippen LogP contribution in [0.4, 0.5) is 42.8 Å². The number of hydrogen-bond acceptors (Lipinski definition) is 11. The first-order valence-corrected chi connectivity index (χ1v) is 21.8. The molecule has 0 bridgehead atoms. The van der Waals surface area contributed by atoms with E-state index in [1.807, 2.05) is 0 Å². The first-order chi connectivity index (χ1) is 31.8. The first kappa shape index (κ1) is 48.7. The van der Waals surface area contributed by atoms with Crippen molar-refractivity contribution in [1.82, 2.24) is 24.8 Å². The highest BCUT2D eigenvalue weighted by atomic mass is 35.5. The van der Waals surface area contributed by atoms with Gasteiger partial charge in [0, 0.05) is 63.2 Å². The molecular formula is C48H50ClF6N7O5. The first-order valence-electron chi connectivity index (χ1n) is 21.4. The molecule has 0 spiro atoms. The Kier molecular flexibility index (Phi) is 14.5. The predicted molar refractivity (Wildman–Crippen MR) is 242 cm³/mol. The molecule has 4 heterocycles. The molecule has 2 fully saturated rings. The Morgan fingerprint density at radius 3 is 2.07 bits per heavy atom. The number of likely N-dealkylation sites (tertiary alicyclic amines) is 1. The third-order valence-electron chi connectivity index (χ3n) is 11.5. The summed E-state index contributed by atoms with van der Waals surface area (Å²) < 4.78 is 116. The highest BCUT2D eigenvalue weighted by Gasteiger charge is 2.41. The second-order valence-electron chi connectivity index (χ2n) is 17.4. The van der Waals surface area contributed by atoms with Gasteiger partial charge in [-0.3, -0.25) is 4.90 Å². The number of terminal acetylenes is 1. The molecule has 0 radical (unpaired) electrons. The van der Waals surface area contributed by atoms with Gasteiger partial charge in [0.2, 0.25) is 0 Å². The molecule has 12 nitrogen and oxygen atoms in total. The smallest absolute Gasteiger partial charge is 0.421 e. The molecule has 0 aliphatic carbocycles. The largest absolute Gasteiger partial charge is 0.497 e. The number of carbonyl (C=O) groups is 1. The van der Waals surface area contributed by atoms with E-state index in [4.69, 9.17) is 37.0 Å². The summed E-state index contributed by atoms with van der Waals surface area (Å²) in [5, 5.41) is -0.583. The van der Waals surface area contributed by atoms with E-state index in [9.17, 15) is 9.18 Å². The van der Waals surface area contributed by atoms with Crippen molar-refractivity contribution in [2.24, 2.45) is 0 Å². The lowest BCUT2D eigenvalue weighted by molar-refractivity contribution is -0.139. The number of benzene rings is 3. The number of aromatic nitrogens is 3. The molecule has 0 saturated carbocycles. The van der Waals surface area contributed by atoms with Crippen LogP contribution >= 0.6 is 11.6 Å². The number of ether oxygens (including phenoxy) is 4. The van der Waals surface area contributed by atoms with Crippen LogP contribution in [0, 0.1) is 24.0 Å². The molecule has 67 heavy (non-hydrogen) atoms. The van der Waals surface area contributed by atoms with Crippen LogP contribution in [0.1, 0.15) is 50.3 Å². The Hall–Kier alpha value is -6.19. The number of anilines is 2. The van der Waals surface area contributed by atoms with E-state index in [1.54, 1.807) is 91.0 Å². The monoisotopic (exact) mass is 953 g/mol. The molecule has 2 aliphatic heterocycles. The molecule has 2 saturated heterocycles. The lowest BCUT2D eigenvalue weighted by atomic mass is 10.0. The van der Waals surface area contributed by atoms with Crippen LogP contribution in [0.25, 0.3) is 22.2 Å². The van der Waals surface area contributed by atoms with E-state index in [1.165, 1.54) is 25.2 Å². The van der Waals surface area contributed by atoms with E-state index in [0.717, 1.165) is 0 Å². The number of fused-ring (bicyclic) bond motifs is 1. The van der Waals surface area contributed by atoms with Gasteiger partial charge in [-0.25, -0.2) is 22.9 Å². The predicted octanol–water partition coefficient (Wildman–Crippen LogP) is 9.74. The van der Waals surface area contributed by atoms with Gasteiger partial charge in [-0.2, -0.15) is 23.1 Å². The van der Waals surface area contributed by atoms with Gasteiger partial charge in [0.15, 0.2) is 5.82 Å². The molecule has 5 aromatic rings. The third-order valence-corrected chi connectivity index (χ3v) is 11.8. The van der Waals surface area contributed by atoms with Crippen molar-refractivity contribution >= 4 is 40.2 Å². The van der Waals surface area contributed by atoms with Gasteiger partial charge in [-0.05, 0) is 75.7 Å². The Morgan fingerprint density at radius 1 is 0.910 bits per heavy atom. The lowest BCUT2D eigenvalue weighted by Crippen LogP contribution is -2.56. The van der Waals surface area contributed by atoms with Crippen molar-refractivity contribution < 1.29 is 50.1 Å². The minimum Gasteiger partial charge on any atom is -0.497 e. The Bertz CT molecular complexity index is 2580. The number of likely N-dealkylation sites (N-methyl/N-ethyl adjacent to an activating group) is 1. The summed E-state index contributed by atoms with van der Waals surface area (Å²) in [7, 11) is 4.72. The van der Waals surface area contributed by atoms with Crippen molar-refractivity contribution in [3.63, 3.8) is 0 Å². The maximum absolute atomic E-state index is 17.6. The van der Waals surface area contributed by atoms with Crippen LogP contribution in [0.5, 0.6) is 17.5 Å². The summed E-state index contributed by atoms with van der Waals surface area (Å²) in [5.41, 5.74) is -3.82. The van der Waals surface area contributed by atoms with Crippen LogP contribution in [-0.4, -0.2) is 109 Å². The fraction of sp³-hybridized carbons (Fsp3) is 0.417. The average Bonchev–Trinajstić information content (AvgIpc) is 3.60. The van der Waals surface area contributed by atoms with E-state index < -0.39 is 75.1 Å². The number of piperazine rings is 1. The number of nitrogens with zero attached hydrogens (tertiary/aromatic N) is 7. The third kappa shape index (κ3) is 11.2. The molecule has 3 aromatic carbocycles. The summed E-state index contributed by atoms with van der Waals surface area (Å²) in [4.78, 5) is 33.2. The average molecular weight is 954 g/mol. The minimum atomic E-state index is -5.38. The van der Waals surface area contributed by atoms with E-state index in [2.05, 4.69) is 20.9 Å². The fourth-order valence-corrected chi connectivity index (χ4v) is 8.50. The molecule has 19 heteroatoms. The minimum absolute atomic E-state index is 0.0275. The summed E-state index contributed by atoms with van der Waals surface area (Å²) in [6.45, 7) is 5.58. The zero-order valence-electron chi connectivity index (χ0n) is 37.8. The van der Waals surface area contributed by atoms with Crippen molar-refractivity contribution in [2.45, 2.75) is 76.7 Å². The SMILES string of the molecule is C#CCC1CN(c2nc(OC[C@@H]3C[C@@H](F)CN3C)nc3c(F)c(-c4nc(N(Cc5ccc(OC)cc5)Cc5ccc(OC)cc5)cc(F)c4C(F)(F)F)c(Cl)cc23)CCN1C(=O)OC(C)(C)C. The molecular weight excluding hydrogens is 904 g/mol. The number of hydrogen-bond donors (Lipinski definition) is 0. The number of rotatable bonds is 13. The fourth-order valence-electron chi connectivity index (χ4n) is 8.21. The van der Waals surface area contributed by atoms with Crippen LogP contribution in [0.2, 0.25) is 5.02 Å². The molecule has 0 N–H and O–H groups in total. The maximum Gasteiger partial charge on any atom is 0.421 e. The van der Waals surface area contributed by atoms with Crippen molar-refractivity contribution in [3.05, 3.63) is 94.0 Å². The molecule has 7 rings (SSSR count). The zero-order valence-corrected chi connectivity index (χ0v) is 38.5. The van der Waals surface area contributed by atoms with Gasteiger partial charge < -0.3 is 33.6 Å². The zero-order chi connectivity index (χ0) is 48.4. The summed E-state index contributed by atoms with van der Waals surface area (Å²) in [6, 6.07) is 14.2. The van der Waals surface area contributed by atoms with Gasteiger partial charge in [0.05, 0.1) is 36.5 Å². The van der Waals surface area contributed by atoms with Gasteiger partial charge in [-0.15, -0.1) is 12.3 Å². The van der Waals surface area contributed by atoms with E-state index >= 15 is 22.0 Å². The van der Waals surface area contributed by atoms with Crippen molar-refractivity contribution in [2.75, 3.05) is 63.9 Å². The molecule has 2 aliphatic rings. The summed E-state index contributed by atoms with van der Waals surface area (Å²) in [6.07, 6.45) is -1.09.